The molecule has 0 bridgehead atoms. The second-order valence-electron chi connectivity index (χ2n) is 7.06. The Balaban J connectivity index is 1.49. The SMILES string of the molecule is COc1ccc(C)c(NC(=O)c2cnc(Nc3cc4n(n3)CCN(C)C4=O)s2)c1C. The summed E-state index contributed by atoms with van der Waals surface area (Å²) in [5, 5.41) is 11.0. The number of benzene rings is 1. The van der Waals surface area contributed by atoms with Gasteiger partial charge in [0.15, 0.2) is 10.9 Å². The molecule has 30 heavy (non-hydrogen) atoms. The van der Waals surface area contributed by atoms with Gasteiger partial charge >= 0.3 is 0 Å². The van der Waals surface area contributed by atoms with Crippen molar-refractivity contribution >= 4 is 39.8 Å². The van der Waals surface area contributed by atoms with Crippen molar-refractivity contribution in [1.82, 2.24) is 19.7 Å². The summed E-state index contributed by atoms with van der Waals surface area (Å²) in [5.41, 5.74) is 3.08. The number of fused-ring (bicyclic) bond motifs is 1. The minimum absolute atomic E-state index is 0.0648. The average molecular weight is 427 g/mol. The number of methoxy groups -OCH3 is 1. The lowest BCUT2D eigenvalue weighted by atomic mass is 10.1. The Hall–Kier alpha value is -3.40. The normalized spacial score (nSPS) is 13.2. The van der Waals surface area contributed by atoms with Crippen LogP contribution >= 0.6 is 11.3 Å². The largest absolute Gasteiger partial charge is 0.496 e. The predicted molar refractivity (Wildman–Crippen MR) is 115 cm³/mol. The van der Waals surface area contributed by atoms with E-state index >= 15 is 0 Å². The first-order valence-corrected chi connectivity index (χ1v) is 10.2. The second-order valence-corrected chi connectivity index (χ2v) is 8.09. The number of carbonyl (C=O) groups excluding carboxylic acids is 2. The number of amides is 2. The number of thiazole rings is 1. The Labute approximate surface area is 177 Å². The van der Waals surface area contributed by atoms with Gasteiger partial charge in [0.2, 0.25) is 0 Å². The minimum Gasteiger partial charge on any atom is -0.496 e. The average Bonchev–Trinajstić information content (AvgIpc) is 3.35. The number of nitrogens with one attached hydrogen (secondary N) is 2. The third-order valence-electron chi connectivity index (χ3n) is 5.04. The van der Waals surface area contributed by atoms with E-state index in [1.54, 1.807) is 29.8 Å². The summed E-state index contributed by atoms with van der Waals surface area (Å²) in [4.78, 5) is 31.3. The van der Waals surface area contributed by atoms with Gasteiger partial charge in [-0.2, -0.15) is 5.10 Å². The van der Waals surface area contributed by atoms with Crippen molar-refractivity contribution in [3.8, 4) is 5.75 Å². The molecule has 3 aromatic rings. The molecule has 156 valence electrons. The highest BCUT2D eigenvalue weighted by atomic mass is 32.1. The molecule has 2 amide bonds. The summed E-state index contributed by atoms with van der Waals surface area (Å²) >= 11 is 1.21. The van der Waals surface area contributed by atoms with Crippen LogP contribution in [0.1, 0.15) is 31.3 Å². The monoisotopic (exact) mass is 426 g/mol. The quantitative estimate of drug-likeness (QED) is 0.650. The maximum Gasteiger partial charge on any atom is 0.272 e. The van der Waals surface area contributed by atoms with E-state index < -0.39 is 0 Å². The topological polar surface area (TPSA) is 101 Å². The molecule has 3 heterocycles. The van der Waals surface area contributed by atoms with Gasteiger partial charge in [-0.3, -0.25) is 14.3 Å². The molecule has 0 saturated carbocycles. The van der Waals surface area contributed by atoms with E-state index in [9.17, 15) is 9.59 Å². The second kappa shape index (κ2) is 7.79. The fraction of sp³-hybridized carbons (Fsp3) is 0.300. The molecule has 1 aliphatic rings. The molecule has 0 unspecified atom stereocenters. The zero-order chi connectivity index (χ0) is 21.4. The molecule has 0 aliphatic carbocycles. The lowest BCUT2D eigenvalue weighted by Gasteiger charge is -2.22. The Morgan fingerprint density at radius 3 is 2.83 bits per heavy atom. The molecule has 10 heteroatoms. The van der Waals surface area contributed by atoms with E-state index in [-0.39, 0.29) is 11.8 Å². The lowest BCUT2D eigenvalue weighted by Crippen LogP contribution is -2.37. The van der Waals surface area contributed by atoms with Crippen LogP contribution in [-0.2, 0) is 6.54 Å². The fourth-order valence-corrected chi connectivity index (χ4v) is 4.04. The van der Waals surface area contributed by atoms with Gasteiger partial charge in [-0.15, -0.1) is 0 Å². The number of aryl methyl sites for hydroxylation is 1. The number of hydrogen-bond donors (Lipinski definition) is 2. The number of rotatable bonds is 5. The number of ether oxygens (including phenoxy) is 1. The summed E-state index contributed by atoms with van der Waals surface area (Å²) in [6, 6.07) is 5.48. The smallest absolute Gasteiger partial charge is 0.272 e. The Bertz CT molecular complexity index is 1140. The number of hydrogen-bond acceptors (Lipinski definition) is 7. The molecule has 0 atom stereocenters. The van der Waals surface area contributed by atoms with Crippen LogP contribution < -0.4 is 15.4 Å². The lowest BCUT2D eigenvalue weighted by molar-refractivity contribution is 0.0742. The summed E-state index contributed by atoms with van der Waals surface area (Å²) in [6.07, 6.45) is 1.52. The van der Waals surface area contributed by atoms with E-state index in [2.05, 4.69) is 20.7 Å². The molecular weight excluding hydrogens is 404 g/mol. The molecule has 4 rings (SSSR count). The maximum absolute atomic E-state index is 12.7. The van der Waals surface area contributed by atoms with Crippen molar-refractivity contribution in [2.24, 2.45) is 0 Å². The van der Waals surface area contributed by atoms with Crippen molar-refractivity contribution in [3.63, 3.8) is 0 Å². The summed E-state index contributed by atoms with van der Waals surface area (Å²) in [7, 11) is 3.37. The maximum atomic E-state index is 12.7. The van der Waals surface area contributed by atoms with Crippen LogP contribution in [0.15, 0.2) is 24.4 Å². The summed E-state index contributed by atoms with van der Waals surface area (Å²) in [6.45, 7) is 5.10. The standard InChI is InChI=1S/C20H22N6O3S/c1-11-5-6-14(29-4)12(2)17(11)23-18(27)15-10-21-20(30-15)22-16-9-13-19(28)25(3)7-8-26(13)24-16/h5-6,9-10H,7-8H2,1-4H3,(H,23,27)(H,21,22,24). The van der Waals surface area contributed by atoms with Gasteiger partial charge < -0.3 is 20.3 Å². The van der Waals surface area contributed by atoms with E-state index in [0.29, 0.717) is 40.4 Å². The van der Waals surface area contributed by atoms with Gasteiger partial charge in [-0.05, 0) is 25.5 Å². The predicted octanol–water partition coefficient (Wildman–Crippen LogP) is 3.05. The number of aromatic nitrogens is 3. The van der Waals surface area contributed by atoms with Gasteiger partial charge in [-0.25, -0.2) is 4.98 Å². The van der Waals surface area contributed by atoms with Crippen molar-refractivity contribution < 1.29 is 14.3 Å². The summed E-state index contributed by atoms with van der Waals surface area (Å²) in [5.74, 6) is 0.923. The van der Waals surface area contributed by atoms with Gasteiger partial charge in [-0.1, -0.05) is 17.4 Å². The van der Waals surface area contributed by atoms with E-state index in [1.165, 1.54) is 17.5 Å². The van der Waals surface area contributed by atoms with Crippen molar-refractivity contribution in [3.05, 3.63) is 46.1 Å². The van der Waals surface area contributed by atoms with E-state index in [4.69, 9.17) is 4.74 Å². The van der Waals surface area contributed by atoms with Gasteiger partial charge in [0, 0.05) is 25.2 Å². The number of likely N-dealkylation sites (N-methyl/N-ethyl adjacent to an activating group) is 1. The van der Waals surface area contributed by atoms with Crippen molar-refractivity contribution in [2.75, 3.05) is 31.3 Å². The highest BCUT2D eigenvalue weighted by Gasteiger charge is 2.24. The molecule has 0 radical (unpaired) electrons. The first kappa shape index (κ1) is 19.9. The van der Waals surface area contributed by atoms with E-state index in [1.807, 2.05) is 26.0 Å². The molecule has 1 aliphatic heterocycles. The first-order chi connectivity index (χ1) is 14.4. The minimum atomic E-state index is -0.249. The van der Waals surface area contributed by atoms with Gasteiger partial charge in [0.1, 0.15) is 16.3 Å². The van der Waals surface area contributed by atoms with Crippen molar-refractivity contribution in [1.29, 1.82) is 0 Å². The highest BCUT2D eigenvalue weighted by molar-refractivity contribution is 7.17. The van der Waals surface area contributed by atoms with Crippen LogP contribution in [0, 0.1) is 13.8 Å². The molecular formula is C20H22N6O3S. The zero-order valence-electron chi connectivity index (χ0n) is 17.1. The Morgan fingerprint density at radius 1 is 1.27 bits per heavy atom. The van der Waals surface area contributed by atoms with Crippen LogP contribution in [0.2, 0.25) is 0 Å². The molecule has 0 fully saturated rings. The molecule has 2 aromatic heterocycles. The van der Waals surface area contributed by atoms with Crippen LogP contribution in [-0.4, -0.2) is 52.2 Å². The van der Waals surface area contributed by atoms with E-state index in [0.717, 1.165) is 16.8 Å². The molecule has 2 N–H and O–H groups in total. The highest BCUT2D eigenvalue weighted by Crippen LogP contribution is 2.30. The summed E-state index contributed by atoms with van der Waals surface area (Å²) < 4.78 is 7.02. The molecule has 1 aromatic carbocycles. The van der Waals surface area contributed by atoms with Crippen LogP contribution in [0.25, 0.3) is 0 Å². The third-order valence-corrected chi connectivity index (χ3v) is 5.95. The zero-order valence-corrected chi connectivity index (χ0v) is 18.0. The first-order valence-electron chi connectivity index (χ1n) is 9.39. The van der Waals surface area contributed by atoms with Gasteiger partial charge in [0.05, 0.1) is 25.5 Å². The molecule has 9 nitrogen and oxygen atoms in total. The molecule has 0 spiro atoms. The van der Waals surface area contributed by atoms with Crippen LogP contribution in [0.4, 0.5) is 16.6 Å². The fourth-order valence-electron chi connectivity index (χ4n) is 3.33. The van der Waals surface area contributed by atoms with Crippen LogP contribution in [0.5, 0.6) is 5.75 Å². The number of carbonyl (C=O) groups is 2. The molecule has 0 saturated heterocycles. The Morgan fingerprint density at radius 2 is 2.07 bits per heavy atom. The Kier molecular flexibility index (Phi) is 5.17. The van der Waals surface area contributed by atoms with Gasteiger partial charge in [0.25, 0.3) is 11.8 Å². The number of nitrogens with zero attached hydrogens (tertiary/aromatic N) is 4. The third kappa shape index (κ3) is 3.61. The number of anilines is 3. The van der Waals surface area contributed by atoms with Crippen molar-refractivity contribution in [2.45, 2.75) is 20.4 Å². The van der Waals surface area contributed by atoms with Crippen LogP contribution in [0.3, 0.4) is 0 Å².